The van der Waals surface area contributed by atoms with Crippen LogP contribution in [0.25, 0.3) is 10.9 Å². The first-order valence-electron chi connectivity index (χ1n) is 9.23. The molecule has 0 radical (unpaired) electrons. The number of carbonyl (C=O) groups excluding carboxylic acids is 1. The van der Waals surface area contributed by atoms with Crippen molar-refractivity contribution >= 4 is 35.0 Å². The van der Waals surface area contributed by atoms with E-state index in [1.807, 2.05) is 6.07 Å². The molecule has 0 spiro atoms. The number of anilines is 2. The number of allylic oxidation sites excluding steroid dienone is 1. The number of nitrogens with one attached hydrogen (secondary N) is 1. The predicted molar refractivity (Wildman–Crippen MR) is 109 cm³/mol. The average Bonchev–Trinajstić information content (AvgIpc) is 3.17. The Balaban J connectivity index is 1.85. The molecule has 0 bridgehead atoms. The summed E-state index contributed by atoms with van der Waals surface area (Å²) in [6.45, 7) is 11.0. The van der Waals surface area contributed by atoms with Gasteiger partial charge < -0.3 is 20.2 Å². The summed E-state index contributed by atoms with van der Waals surface area (Å²) >= 11 is 0. The number of hydrogen-bond donors (Lipinski definition) is 2. The molecule has 2 N–H and O–H groups in total. The van der Waals surface area contributed by atoms with Gasteiger partial charge in [0.05, 0.1) is 11.4 Å². The number of aliphatic imine (C=N–C) groups is 1. The Morgan fingerprint density at radius 1 is 1.36 bits per heavy atom. The summed E-state index contributed by atoms with van der Waals surface area (Å²) in [5.74, 6) is -0.427. The van der Waals surface area contributed by atoms with Gasteiger partial charge in [0.1, 0.15) is 0 Å². The van der Waals surface area contributed by atoms with Gasteiger partial charge in [-0.3, -0.25) is 4.79 Å². The van der Waals surface area contributed by atoms with E-state index in [9.17, 15) is 9.59 Å². The van der Waals surface area contributed by atoms with Crippen LogP contribution < -0.4 is 10.2 Å². The van der Waals surface area contributed by atoms with Gasteiger partial charge in [-0.15, -0.1) is 4.99 Å². The van der Waals surface area contributed by atoms with Gasteiger partial charge in [-0.05, 0) is 42.5 Å². The van der Waals surface area contributed by atoms with Crippen LogP contribution in [0.5, 0.6) is 0 Å². The van der Waals surface area contributed by atoms with Crippen molar-refractivity contribution in [2.45, 2.75) is 26.2 Å². The number of hydrogen-bond acceptors (Lipinski definition) is 4. The molecule has 1 saturated heterocycles. The number of amides is 1. The minimum Gasteiger partial charge on any atom is -0.478 e. The van der Waals surface area contributed by atoms with Crippen molar-refractivity contribution in [2.75, 3.05) is 23.3 Å². The zero-order valence-corrected chi connectivity index (χ0v) is 15.7. The van der Waals surface area contributed by atoms with Gasteiger partial charge in [-0.2, -0.15) is 0 Å². The molecule has 2 aliphatic rings. The van der Waals surface area contributed by atoms with E-state index < -0.39 is 5.97 Å². The van der Waals surface area contributed by atoms with Crippen LogP contribution in [-0.4, -0.2) is 35.8 Å². The van der Waals surface area contributed by atoms with Crippen molar-refractivity contribution < 1.29 is 14.7 Å². The van der Waals surface area contributed by atoms with E-state index >= 15 is 0 Å². The number of rotatable bonds is 5. The normalized spacial score (nSPS) is 17.2. The van der Waals surface area contributed by atoms with Crippen LogP contribution >= 0.6 is 0 Å². The fourth-order valence-corrected chi connectivity index (χ4v) is 3.26. The second-order valence-corrected chi connectivity index (χ2v) is 7.01. The quantitative estimate of drug-likeness (QED) is 0.606. The number of carbonyl (C=O) groups is 2. The highest BCUT2D eigenvalue weighted by atomic mass is 16.4. The second kappa shape index (κ2) is 8.53. The van der Waals surface area contributed by atoms with Crippen molar-refractivity contribution in [3.8, 4) is 0 Å². The third-order valence-corrected chi connectivity index (χ3v) is 4.92. The van der Waals surface area contributed by atoms with Crippen LogP contribution in [0, 0.1) is 12.5 Å². The Hall–Kier alpha value is -3.40. The molecule has 7 nitrogen and oxygen atoms in total. The summed E-state index contributed by atoms with van der Waals surface area (Å²) in [5.41, 5.74) is 2.60. The molecular weight excluding hydrogens is 356 g/mol. The minimum absolute atomic E-state index is 0.240. The first kappa shape index (κ1) is 19.4. The van der Waals surface area contributed by atoms with Gasteiger partial charge >= 0.3 is 5.97 Å². The van der Waals surface area contributed by atoms with Gasteiger partial charge in [0.15, 0.2) is 5.71 Å². The molecule has 0 unspecified atom stereocenters. The summed E-state index contributed by atoms with van der Waals surface area (Å²) in [6.07, 6.45) is 6.74. The van der Waals surface area contributed by atoms with Crippen LogP contribution in [0.1, 0.15) is 31.7 Å². The largest absolute Gasteiger partial charge is 0.478 e. The Morgan fingerprint density at radius 2 is 2.11 bits per heavy atom. The van der Waals surface area contributed by atoms with E-state index in [4.69, 9.17) is 11.7 Å². The second-order valence-electron chi connectivity index (χ2n) is 7.01. The number of nitrogens with zero attached hydrogens (tertiary/aromatic N) is 3. The Bertz CT molecular complexity index is 916. The van der Waals surface area contributed by atoms with Gasteiger partial charge in [0.2, 0.25) is 0 Å². The lowest BCUT2D eigenvalue weighted by Gasteiger charge is -2.33. The number of carboxylic acid groups (broad SMARTS) is 1. The van der Waals surface area contributed by atoms with E-state index in [-0.39, 0.29) is 11.7 Å². The van der Waals surface area contributed by atoms with Crippen LogP contribution in [0.3, 0.4) is 0 Å². The lowest BCUT2D eigenvalue weighted by molar-refractivity contribution is -0.131. The minimum atomic E-state index is -1.01. The van der Waals surface area contributed by atoms with Gasteiger partial charge in [-0.25, -0.2) is 4.79 Å². The topological polar surface area (TPSA) is 86.4 Å². The maximum atomic E-state index is 12.6. The third-order valence-electron chi connectivity index (χ3n) is 4.92. The Labute approximate surface area is 163 Å². The van der Waals surface area contributed by atoms with Crippen molar-refractivity contribution in [1.82, 2.24) is 0 Å². The molecule has 1 aromatic carbocycles. The maximum absolute atomic E-state index is 12.6. The zero-order valence-electron chi connectivity index (χ0n) is 15.7. The molecule has 144 valence electrons. The first-order valence-corrected chi connectivity index (χ1v) is 9.23. The summed E-state index contributed by atoms with van der Waals surface area (Å²) in [5, 5.41) is 11.8. The van der Waals surface area contributed by atoms with Gasteiger partial charge in [0.25, 0.3) is 11.7 Å². The third kappa shape index (κ3) is 4.65. The number of piperidine rings is 1. The van der Waals surface area contributed by atoms with Crippen molar-refractivity contribution in [3.05, 3.63) is 53.2 Å². The number of carboxylic acids is 1. The monoisotopic (exact) mass is 378 g/mol. The van der Waals surface area contributed by atoms with Crippen LogP contribution in [0.4, 0.5) is 11.4 Å². The predicted octanol–water partition coefficient (Wildman–Crippen LogP) is 3.56. The molecule has 1 aromatic rings. The molecular formula is C21H22N4O3. The van der Waals surface area contributed by atoms with Crippen LogP contribution in [-0.2, 0) is 9.59 Å². The number of benzene rings is 1. The van der Waals surface area contributed by atoms with E-state index in [1.54, 1.807) is 18.2 Å². The Kier molecular flexibility index (Phi) is 5.90. The lowest BCUT2D eigenvalue weighted by Crippen LogP contribution is -2.34. The standard InChI is InChI=1S/C21H22N4O3/c1-14-9-11-25(12-10-14)18-13-15(4-8-20(26)27)3-5-16(18)24-21(28)17-6-7-19(22-2)23-17/h3-5,7-8,13-14H,6,9-12H2,1H3,(H,24,28)(H,26,27)/b8-4+. The molecule has 1 amide bonds. The first-order chi connectivity index (χ1) is 13.5. The van der Waals surface area contributed by atoms with E-state index in [0.29, 0.717) is 23.7 Å². The molecule has 1 fully saturated rings. The molecule has 0 aromatic heterocycles. The highest BCUT2D eigenvalue weighted by Gasteiger charge is 2.23. The molecule has 0 atom stereocenters. The van der Waals surface area contributed by atoms with Crippen molar-refractivity contribution in [3.63, 3.8) is 0 Å². The maximum Gasteiger partial charge on any atom is 0.328 e. The highest BCUT2D eigenvalue weighted by Crippen LogP contribution is 2.31. The average molecular weight is 378 g/mol. The zero-order chi connectivity index (χ0) is 20.1. The molecule has 2 heterocycles. The van der Waals surface area contributed by atoms with E-state index in [0.717, 1.165) is 43.3 Å². The summed E-state index contributed by atoms with van der Waals surface area (Å²) < 4.78 is 0. The summed E-state index contributed by atoms with van der Waals surface area (Å²) in [4.78, 5) is 32.9. The smallest absolute Gasteiger partial charge is 0.328 e. The van der Waals surface area contributed by atoms with Crippen molar-refractivity contribution in [2.24, 2.45) is 10.9 Å². The van der Waals surface area contributed by atoms with E-state index in [2.05, 4.69) is 27.0 Å². The molecule has 0 aliphatic carbocycles. The fourth-order valence-electron chi connectivity index (χ4n) is 3.26. The van der Waals surface area contributed by atoms with Gasteiger partial charge in [-0.1, -0.05) is 25.6 Å². The fraction of sp³-hybridized carbons (Fsp3) is 0.333. The van der Waals surface area contributed by atoms with Crippen LogP contribution in [0.2, 0.25) is 0 Å². The number of aliphatic carboxylic acids is 1. The molecule has 7 heteroatoms. The Morgan fingerprint density at radius 3 is 2.75 bits per heavy atom. The molecule has 2 aliphatic heterocycles. The molecule has 3 rings (SSSR count). The molecule has 28 heavy (non-hydrogen) atoms. The van der Waals surface area contributed by atoms with Crippen LogP contribution in [0.15, 0.2) is 41.2 Å². The van der Waals surface area contributed by atoms with Crippen molar-refractivity contribution in [1.29, 1.82) is 0 Å². The summed E-state index contributed by atoms with van der Waals surface area (Å²) in [7, 11) is 0. The highest BCUT2D eigenvalue weighted by molar-refractivity contribution is 6.44. The SMILES string of the molecule is [C-]#[N+]C1=CCC(C(=O)Nc2ccc(/C=C/C(=O)O)cc2N2CCC(C)CC2)=N1. The molecule has 0 saturated carbocycles. The van der Waals surface area contributed by atoms with Gasteiger partial charge in [0, 0.05) is 25.6 Å². The summed E-state index contributed by atoms with van der Waals surface area (Å²) in [6, 6.07) is 5.44. The lowest BCUT2D eigenvalue weighted by atomic mass is 9.98. The van der Waals surface area contributed by atoms with E-state index in [1.165, 1.54) is 6.08 Å².